The number of benzene rings is 2. The van der Waals surface area contributed by atoms with Gasteiger partial charge < -0.3 is 5.32 Å². The highest BCUT2D eigenvalue weighted by Gasteiger charge is 2.30. The molecule has 0 aliphatic carbocycles. The van der Waals surface area contributed by atoms with Crippen molar-refractivity contribution in [3.63, 3.8) is 0 Å². The maximum atomic E-state index is 12.9. The van der Waals surface area contributed by atoms with E-state index in [1.165, 1.54) is 18.2 Å². The highest BCUT2D eigenvalue weighted by atomic mass is 79.9. The molecule has 0 aliphatic heterocycles. The number of hydrogen-bond donors (Lipinski definition) is 1. The van der Waals surface area contributed by atoms with Crippen LogP contribution in [0.4, 0.5) is 17.6 Å². The Hall–Kier alpha value is -1.40. The molecule has 6 heteroatoms. The lowest BCUT2D eigenvalue weighted by atomic mass is 10.1. The normalized spacial score (nSPS) is 11.7. The van der Waals surface area contributed by atoms with Crippen molar-refractivity contribution in [2.75, 3.05) is 0 Å². The molecule has 112 valence electrons. The fourth-order valence-corrected chi connectivity index (χ4v) is 2.36. The first-order valence-electron chi connectivity index (χ1n) is 6.17. The second-order valence-electron chi connectivity index (χ2n) is 4.54. The van der Waals surface area contributed by atoms with Gasteiger partial charge >= 0.3 is 6.18 Å². The molecule has 0 atom stereocenters. The summed E-state index contributed by atoms with van der Waals surface area (Å²) in [7, 11) is 0. The molecule has 21 heavy (non-hydrogen) atoms. The van der Waals surface area contributed by atoms with E-state index in [9.17, 15) is 17.6 Å². The molecule has 0 unspecified atom stereocenters. The number of alkyl halides is 3. The van der Waals surface area contributed by atoms with Gasteiger partial charge in [-0.05, 0) is 29.3 Å². The van der Waals surface area contributed by atoms with E-state index in [2.05, 4.69) is 21.2 Å². The van der Waals surface area contributed by atoms with E-state index in [1.807, 2.05) is 0 Å². The average Bonchev–Trinajstić information content (AvgIpc) is 2.41. The third kappa shape index (κ3) is 4.54. The first kappa shape index (κ1) is 16.0. The second-order valence-corrected chi connectivity index (χ2v) is 5.39. The van der Waals surface area contributed by atoms with Gasteiger partial charge in [0.1, 0.15) is 5.82 Å². The molecule has 0 saturated heterocycles. The molecule has 0 heterocycles. The zero-order chi connectivity index (χ0) is 15.5. The lowest BCUT2D eigenvalue weighted by Crippen LogP contribution is -2.14. The molecule has 0 fully saturated rings. The molecule has 1 nitrogen and oxygen atoms in total. The lowest BCUT2D eigenvalue weighted by molar-refractivity contribution is -0.137. The minimum absolute atomic E-state index is 0.299. The van der Waals surface area contributed by atoms with Crippen molar-refractivity contribution in [3.8, 4) is 0 Å². The minimum atomic E-state index is -4.34. The Balaban J connectivity index is 1.97. The Bertz CT molecular complexity index is 625. The fourth-order valence-electron chi connectivity index (χ4n) is 1.86. The average molecular weight is 362 g/mol. The van der Waals surface area contributed by atoms with Gasteiger partial charge in [0.2, 0.25) is 0 Å². The van der Waals surface area contributed by atoms with Crippen molar-refractivity contribution >= 4 is 15.9 Å². The summed E-state index contributed by atoms with van der Waals surface area (Å²) < 4.78 is 51.3. The Kier molecular flexibility index (Phi) is 5.00. The van der Waals surface area contributed by atoms with Crippen LogP contribution in [0, 0.1) is 5.82 Å². The van der Waals surface area contributed by atoms with E-state index in [0.29, 0.717) is 23.1 Å². The van der Waals surface area contributed by atoms with Gasteiger partial charge in [0, 0.05) is 17.6 Å². The zero-order valence-corrected chi connectivity index (χ0v) is 12.4. The molecule has 0 saturated carbocycles. The van der Waals surface area contributed by atoms with E-state index in [0.717, 1.165) is 17.7 Å². The Labute approximate surface area is 128 Å². The highest BCUT2D eigenvalue weighted by molar-refractivity contribution is 9.10. The molecular weight excluding hydrogens is 350 g/mol. The van der Waals surface area contributed by atoms with Gasteiger partial charge in [-0.2, -0.15) is 13.2 Å². The minimum Gasteiger partial charge on any atom is -0.309 e. The topological polar surface area (TPSA) is 12.0 Å². The van der Waals surface area contributed by atoms with Crippen LogP contribution >= 0.6 is 15.9 Å². The Morgan fingerprint density at radius 2 is 1.76 bits per heavy atom. The predicted molar refractivity (Wildman–Crippen MR) is 76.1 cm³/mol. The van der Waals surface area contributed by atoms with Crippen LogP contribution in [0.1, 0.15) is 16.7 Å². The molecule has 0 radical (unpaired) electrons. The molecule has 0 aliphatic rings. The summed E-state index contributed by atoms with van der Waals surface area (Å²) in [5.74, 6) is -0.344. The van der Waals surface area contributed by atoms with Crippen LogP contribution in [0.3, 0.4) is 0 Å². The van der Waals surface area contributed by atoms with E-state index >= 15 is 0 Å². The summed E-state index contributed by atoms with van der Waals surface area (Å²) in [6.45, 7) is 0.727. The maximum Gasteiger partial charge on any atom is 0.416 e. The third-order valence-corrected chi connectivity index (χ3v) is 3.65. The SMILES string of the molecule is Fc1ccc(CNCc2cccc(C(F)(F)F)c2)c(Br)c1. The van der Waals surface area contributed by atoms with Crippen molar-refractivity contribution < 1.29 is 17.6 Å². The molecule has 0 spiro atoms. The summed E-state index contributed by atoms with van der Waals surface area (Å²) in [4.78, 5) is 0. The van der Waals surface area contributed by atoms with Crippen LogP contribution in [-0.2, 0) is 19.3 Å². The van der Waals surface area contributed by atoms with Crippen molar-refractivity contribution in [3.05, 3.63) is 69.4 Å². The third-order valence-electron chi connectivity index (χ3n) is 2.91. The molecule has 2 aromatic carbocycles. The first-order valence-corrected chi connectivity index (χ1v) is 6.96. The van der Waals surface area contributed by atoms with Gasteiger partial charge in [-0.1, -0.05) is 40.2 Å². The van der Waals surface area contributed by atoms with Gasteiger partial charge in [-0.15, -0.1) is 0 Å². The summed E-state index contributed by atoms with van der Waals surface area (Å²) in [5, 5.41) is 3.04. The van der Waals surface area contributed by atoms with Crippen LogP contribution in [-0.4, -0.2) is 0 Å². The first-order chi connectivity index (χ1) is 9.86. The molecule has 0 aromatic heterocycles. The number of halogens is 5. The Morgan fingerprint density at radius 1 is 1.00 bits per heavy atom. The van der Waals surface area contributed by atoms with Gasteiger partial charge in [0.05, 0.1) is 5.56 Å². The van der Waals surface area contributed by atoms with E-state index in [1.54, 1.807) is 12.1 Å². The van der Waals surface area contributed by atoms with Crippen LogP contribution in [0.2, 0.25) is 0 Å². The second kappa shape index (κ2) is 6.58. The fraction of sp³-hybridized carbons (Fsp3) is 0.200. The largest absolute Gasteiger partial charge is 0.416 e. The molecular formula is C15H12BrF4N. The molecule has 0 bridgehead atoms. The summed E-state index contributed by atoms with van der Waals surface area (Å²) in [5.41, 5.74) is 0.719. The summed E-state index contributed by atoms with van der Waals surface area (Å²) in [6, 6.07) is 9.48. The quantitative estimate of drug-likeness (QED) is 0.764. The zero-order valence-electron chi connectivity index (χ0n) is 10.8. The predicted octanol–water partition coefficient (Wildman–Crippen LogP) is 4.90. The van der Waals surface area contributed by atoms with E-state index in [-0.39, 0.29) is 5.82 Å². The van der Waals surface area contributed by atoms with E-state index in [4.69, 9.17) is 0 Å². The Morgan fingerprint density at radius 3 is 2.43 bits per heavy atom. The lowest BCUT2D eigenvalue weighted by Gasteiger charge is -2.10. The standard InChI is InChI=1S/C15H12BrF4N/c16-14-7-13(17)5-4-11(14)9-21-8-10-2-1-3-12(6-10)15(18,19)20/h1-7,21H,8-9H2. The van der Waals surface area contributed by atoms with Crippen LogP contribution in [0.15, 0.2) is 46.9 Å². The van der Waals surface area contributed by atoms with Crippen LogP contribution in [0.5, 0.6) is 0 Å². The van der Waals surface area contributed by atoms with Crippen molar-refractivity contribution in [2.24, 2.45) is 0 Å². The number of hydrogen-bond acceptors (Lipinski definition) is 1. The molecule has 0 amide bonds. The van der Waals surface area contributed by atoms with Crippen LogP contribution in [0.25, 0.3) is 0 Å². The van der Waals surface area contributed by atoms with Gasteiger partial charge in [0.25, 0.3) is 0 Å². The van der Waals surface area contributed by atoms with Crippen molar-refractivity contribution in [2.45, 2.75) is 19.3 Å². The van der Waals surface area contributed by atoms with Gasteiger partial charge in [0.15, 0.2) is 0 Å². The van der Waals surface area contributed by atoms with Crippen LogP contribution < -0.4 is 5.32 Å². The summed E-state index contributed by atoms with van der Waals surface area (Å²) in [6.07, 6.45) is -4.34. The highest BCUT2D eigenvalue weighted by Crippen LogP contribution is 2.29. The smallest absolute Gasteiger partial charge is 0.309 e. The number of rotatable bonds is 4. The maximum absolute atomic E-state index is 12.9. The van der Waals surface area contributed by atoms with Gasteiger partial charge in [-0.3, -0.25) is 0 Å². The molecule has 2 rings (SSSR count). The monoisotopic (exact) mass is 361 g/mol. The molecule has 2 aromatic rings. The van der Waals surface area contributed by atoms with Crippen molar-refractivity contribution in [1.29, 1.82) is 0 Å². The van der Waals surface area contributed by atoms with Gasteiger partial charge in [-0.25, -0.2) is 4.39 Å². The van der Waals surface area contributed by atoms with Crippen molar-refractivity contribution in [1.82, 2.24) is 5.32 Å². The number of nitrogens with one attached hydrogen (secondary N) is 1. The molecule has 1 N–H and O–H groups in total. The summed E-state index contributed by atoms with van der Waals surface area (Å²) >= 11 is 3.24. The van der Waals surface area contributed by atoms with E-state index < -0.39 is 11.7 Å².